The van der Waals surface area contributed by atoms with Gasteiger partial charge in [-0.2, -0.15) is 0 Å². The Hall–Kier alpha value is -1.30. The van der Waals surface area contributed by atoms with Gasteiger partial charge in [0.05, 0.1) is 19.8 Å². The zero-order valence-corrected chi connectivity index (χ0v) is 15.8. The van der Waals surface area contributed by atoms with Crippen LogP contribution in [0.25, 0.3) is 0 Å². The van der Waals surface area contributed by atoms with E-state index < -0.39 is 0 Å². The zero-order chi connectivity index (χ0) is 16.7. The lowest BCUT2D eigenvalue weighted by molar-refractivity contribution is -0.860. The lowest BCUT2D eigenvalue weighted by Crippen LogP contribution is -3.06. The summed E-state index contributed by atoms with van der Waals surface area (Å²) in [5.41, 5.74) is 1.15. The van der Waals surface area contributed by atoms with Gasteiger partial charge in [-0.25, -0.2) is 0 Å². The van der Waals surface area contributed by atoms with E-state index in [1.54, 1.807) is 11.8 Å². The highest BCUT2D eigenvalue weighted by Crippen LogP contribution is 2.20. The van der Waals surface area contributed by atoms with Crippen molar-refractivity contribution in [3.63, 3.8) is 0 Å². The molecule has 0 aliphatic heterocycles. The van der Waals surface area contributed by atoms with E-state index in [1.165, 1.54) is 4.90 Å². The number of benzene rings is 2. The molecule has 5 heteroatoms. The van der Waals surface area contributed by atoms with Crippen molar-refractivity contribution in [2.45, 2.75) is 10.9 Å². The van der Waals surface area contributed by atoms with E-state index in [9.17, 15) is 4.79 Å². The fraction of sp³-hybridized carbons (Fsp3) is 0.278. The first-order valence-corrected chi connectivity index (χ1v) is 9.34. The summed E-state index contributed by atoms with van der Waals surface area (Å²) in [6, 6.07) is 18.2. The molecule has 2 N–H and O–H groups in total. The van der Waals surface area contributed by atoms with Gasteiger partial charge < -0.3 is 10.2 Å². The summed E-state index contributed by atoms with van der Waals surface area (Å²) in [5, 5.41) is 3.16. The molecule has 3 nitrogen and oxygen atoms in total. The summed E-state index contributed by atoms with van der Waals surface area (Å²) in [5.74, 6) is 0.487. The molecule has 0 spiro atoms. The van der Waals surface area contributed by atoms with Gasteiger partial charge in [-0.15, -0.1) is 11.8 Å². The van der Waals surface area contributed by atoms with Gasteiger partial charge >= 0.3 is 0 Å². The molecule has 0 fully saturated rings. The van der Waals surface area contributed by atoms with Gasteiger partial charge in [0.1, 0.15) is 12.6 Å². The van der Waals surface area contributed by atoms with Crippen LogP contribution in [0.5, 0.6) is 0 Å². The van der Waals surface area contributed by atoms with Gasteiger partial charge in [0, 0.05) is 9.37 Å². The number of rotatable bonds is 7. The lowest BCUT2D eigenvalue weighted by atomic mass is 10.1. The van der Waals surface area contributed by atoms with Crippen molar-refractivity contribution < 1.29 is 9.69 Å². The largest absolute Gasteiger partial charge is 0.343 e. The Morgan fingerprint density at radius 2 is 1.78 bits per heavy atom. The van der Waals surface area contributed by atoms with Gasteiger partial charge in [-0.3, -0.25) is 4.79 Å². The van der Waals surface area contributed by atoms with Crippen LogP contribution in [0.1, 0.15) is 11.6 Å². The minimum Gasteiger partial charge on any atom is -0.343 e. The van der Waals surface area contributed by atoms with E-state index in [2.05, 4.69) is 47.5 Å². The minimum atomic E-state index is 0.0409. The zero-order valence-electron chi connectivity index (χ0n) is 13.4. The molecule has 0 bridgehead atoms. The number of hydrogen-bond donors (Lipinski definition) is 2. The number of nitrogens with one attached hydrogen (secondary N) is 2. The normalized spacial score (nSPS) is 12.2. The van der Waals surface area contributed by atoms with Crippen molar-refractivity contribution in [3.8, 4) is 0 Å². The topological polar surface area (TPSA) is 33.5 Å². The van der Waals surface area contributed by atoms with Gasteiger partial charge in [0.15, 0.2) is 0 Å². The highest BCUT2D eigenvalue weighted by Gasteiger charge is 2.17. The Kier molecular flexibility index (Phi) is 7.15. The van der Waals surface area contributed by atoms with Crippen LogP contribution in [0.4, 0.5) is 0 Å². The molecule has 2 aromatic carbocycles. The van der Waals surface area contributed by atoms with Crippen LogP contribution in [0, 0.1) is 0 Å². The third kappa shape index (κ3) is 6.37. The van der Waals surface area contributed by atoms with Crippen LogP contribution in [-0.2, 0) is 4.79 Å². The summed E-state index contributed by atoms with van der Waals surface area (Å²) in [7, 11) is 4.19. The number of hydrogen-bond acceptors (Lipinski definition) is 2. The number of likely N-dealkylation sites (N-methyl/N-ethyl adjacent to an activating group) is 1. The van der Waals surface area contributed by atoms with Crippen molar-refractivity contribution >= 4 is 33.6 Å². The standard InChI is InChI=1S/C18H21BrN2OS/c1-21(2)12-17(14-6-4-3-5-7-14)20-18(22)13-23-16-10-8-15(19)9-11-16/h3-11,17H,12-13H2,1-2H3,(H,20,22)/p+1/t17-/m0/s1. The number of halogens is 1. The van der Waals surface area contributed by atoms with Gasteiger partial charge in [-0.1, -0.05) is 46.3 Å². The van der Waals surface area contributed by atoms with Crippen molar-refractivity contribution in [1.29, 1.82) is 0 Å². The fourth-order valence-corrected chi connectivity index (χ4v) is 3.24. The van der Waals surface area contributed by atoms with Crippen LogP contribution in [0.3, 0.4) is 0 Å². The second kappa shape index (κ2) is 9.11. The van der Waals surface area contributed by atoms with Gasteiger partial charge in [0.25, 0.3) is 0 Å². The Bertz CT molecular complexity index is 617. The first-order chi connectivity index (χ1) is 11.0. The smallest absolute Gasteiger partial charge is 0.231 e. The quantitative estimate of drug-likeness (QED) is 0.708. The Labute approximate surface area is 150 Å². The Morgan fingerprint density at radius 3 is 2.39 bits per heavy atom. The Balaban J connectivity index is 1.93. The molecule has 0 radical (unpaired) electrons. The number of amides is 1. The molecule has 0 unspecified atom stereocenters. The van der Waals surface area contributed by atoms with Crippen LogP contribution in [0.2, 0.25) is 0 Å². The average Bonchev–Trinajstić information content (AvgIpc) is 2.54. The predicted molar refractivity (Wildman–Crippen MR) is 99.9 cm³/mol. The van der Waals surface area contributed by atoms with E-state index in [4.69, 9.17) is 0 Å². The molecule has 1 atom stereocenters. The maximum absolute atomic E-state index is 12.3. The summed E-state index contributed by atoms with van der Waals surface area (Å²) < 4.78 is 1.05. The summed E-state index contributed by atoms with van der Waals surface area (Å²) in [6.45, 7) is 0.860. The molecule has 0 saturated heterocycles. The predicted octanol–water partition coefficient (Wildman–Crippen LogP) is 2.54. The van der Waals surface area contributed by atoms with Crippen LogP contribution in [0.15, 0.2) is 64.0 Å². The van der Waals surface area contributed by atoms with Crippen molar-refractivity contribution in [3.05, 3.63) is 64.6 Å². The van der Waals surface area contributed by atoms with E-state index in [1.807, 2.05) is 42.5 Å². The molecule has 1 amide bonds. The van der Waals surface area contributed by atoms with Crippen LogP contribution < -0.4 is 10.2 Å². The summed E-state index contributed by atoms with van der Waals surface area (Å²) >= 11 is 4.97. The average molecular weight is 394 g/mol. The first kappa shape index (κ1) is 18.0. The second-order valence-electron chi connectivity index (χ2n) is 5.68. The highest BCUT2D eigenvalue weighted by atomic mass is 79.9. The molecule has 2 rings (SSSR count). The van der Waals surface area contributed by atoms with Crippen LogP contribution >= 0.6 is 27.7 Å². The maximum atomic E-state index is 12.3. The SMILES string of the molecule is C[NH+](C)C[C@H](NC(=O)CSc1ccc(Br)cc1)c1ccccc1. The molecule has 122 valence electrons. The number of carbonyl (C=O) groups excluding carboxylic acids is 1. The monoisotopic (exact) mass is 393 g/mol. The van der Waals surface area contributed by atoms with Crippen molar-refractivity contribution in [2.24, 2.45) is 0 Å². The Morgan fingerprint density at radius 1 is 1.13 bits per heavy atom. The molecule has 2 aromatic rings. The summed E-state index contributed by atoms with van der Waals surface area (Å²) in [4.78, 5) is 14.7. The number of thioether (sulfide) groups is 1. The lowest BCUT2D eigenvalue weighted by Gasteiger charge is -2.20. The molecule has 0 saturated carbocycles. The third-order valence-corrected chi connectivity index (χ3v) is 4.87. The van der Waals surface area contributed by atoms with Crippen LogP contribution in [-0.4, -0.2) is 32.3 Å². The maximum Gasteiger partial charge on any atom is 0.231 e. The van der Waals surface area contributed by atoms with E-state index in [-0.39, 0.29) is 11.9 Å². The molecule has 23 heavy (non-hydrogen) atoms. The van der Waals surface area contributed by atoms with Crippen molar-refractivity contribution in [1.82, 2.24) is 5.32 Å². The van der Waals surface area contributed by atoms with E-state index in [0.29, 0.717) is 5.75 Å². The minimum absolute atomic E-state index is 0.0409. The number of carbonyl (C=O) groups is 1. The highest BCUT2D eigenvalue weighted by molar-refractivity contribution is 9.10. The molecule has 0 aliphatic rings. The summed E-state index contributed by atoms with van der Waals surface area (Å²) in [6.07, 6.45) is 0. The number of quaternary nitrogens is 1. The van der Waals surface area contributed by atoms with Gasteiger partial charge in [0.2, 0.25) is 5.91 Å². The van der Waals surface area contributed by atoms with Crippen molar-refractivity contribution in [2.75, 3.05) is 26.4 Å². The fourth-order valence-electron chi connectivity index (χ4n) is 2.26. The second-order valence-corrected chi connectivity index (χ2v) is 7.65. The molecular weight excluding hydrogens is 372 g/mol. The molecule has 0 heterocycles. The van der Waals surface area contributed by atoms with E-state index in [0.717, 1.165) is 21.5 Å². The molecule has 0 aromatic heterocycles. The van der Waals surface area contributed by atoms with Gasteiger partial charge in [-0.05, 0) is 29.8 Å². The third-order valence-electron chi connectivity index (χ3n) is 3.33. The molecule has 0 aliphatic carbocycles. The molecular formula is C18H22BrN2OS+. The van der Waals surface area contributed by atoms with E-state index >= 15 is 0 Å². The first-order valence-electron chi connectivity index (χ1n) is 7.56.